The Bertz CT molecular complexity index is 976. The number of para-hydroxylation sites is 1. The van der Waals surface area contributed by atoms with Gasteiger partial charge in [0.25, 0.3) is 0 Å². The molecule has 0 bridgehead atoms. The van der Waals surface area contributed by atoms with Crippen molar-refractivity contribution < 1.29 is 14.3 Å². The van der Waals surface area contributed by atoms with Crippen molar-refractivity contribution in [1.29, 1.82) is 0 Å². The van der Waals surface area contributed by atoms with Gasteiger partial charge in [0.15, 0.2) is 10.9 Å². The summed E-state index contributed by atoms with van der Waals surface area (Å²) in [6.07, 6.45) is 3.58. The van der Waals surface area contributed by atoms with Crippen LogP contribution in [0, 0.1) is 13.8 Å². The molecule has 2 heterocycles. The van der Waals surface area contributed by atoms with E-state index in [1.807, 2.05) is 48.0 Å². The summed E-state index contributed by atoms with van der Waals surface area (Å²) in [5.41, 5.74) is 3.08. The lowest BCUT2D eigenvalue weighted by Crippen LogP contribution is -2.16. The number of esters is 1. The Hall–Kier alpha value is -2.80. The number of aromatic nitrogens is 3. The van der Waals surface area contributed by atoms with Gasteiger partial charge in [0.1, 0.15) is 0 Å². The van der Waals surface area contributed by atoms with Crippen LogP contribution in [-0.2, 0) is 4.74 Å². The quantitative estimate of drug-likeness (QED) is 0.396. The molecule has 0 amide bonds. The number of hydrogen-bond acceptors (Lipinski definition) is 5. The lowest BCUT2D eigenvalue weighted by Gasteiger charge is -2.12. The van der Waals surface area contributed by atoms with Crippen molar-refractivity contribution in [3.05, 3.63) is 65.2 Å². The van der Waals surface area contributed by atoms with Crippen LogP contribution in [0.1, 0.15) is 39.0 Å². The monoisotopic (exact) mass is 383 g/mol. The fourth-order valence-corrected chi connectivity index (χ4v) is 3.92. The van der Waals surface area contributed by atoms with Crippen LogP contribution >= 0.6 is 11.8 Å². The van der Waals surface area contributed by atoms with Gasteiger partial charge in [0, 0.05) is 23.8 Å². The van der Waals surface area contributed by atoms with Crippen molar-refractivity contribution in [2.45, 2.75) is 31.2 Å². The summed E-state index contributed by atoms with van der Waals surface area (Å²) in [6.45, 7) is 5.35. The third-order valence-corrected chi connectivity index (χ3v) is 5.45. The van der Waals surface area contributed by atoms with E-state index in [2.05, 4.69) is 9.97 Å². The Morgan fingerprint density at radius 1 is 1.22 bits per heavy atom. The number of ether oxygens (including phenoxy) is 1. The highest BCUT2D eigenvalue weighted by Crippen LogP contribution is 2.28. The molecule has 0 radical (unpaired) electrons. The molecule has 0 aliphatic carbocycles. The van der Waals surface area contributed by atoms with Gasteiger partial charge in [-0.1, -0.05) is 30.0 Å². The largest absolute Gasteiger partial charge is 0.465 e. The van der Waals surface area contributed by atoms with Crippen molar-refractivity contribution in [3.8, 4) is 5.69 Å². The number of ketones is 1. The molecule has 140 valence electrons. The molecule has 3 rings (SSSR count). The molecule has 1 unspecified atom stereocenters. The minimum atomic E-state index is -0.444. The normalized spacial score (nSPS) is 12.0. The second-order valence-electron chi connectivity index (χ2n) is 6.16. The number of aromatic amines is 1. The van der Waals surface area contributed by atoms with Gasteiger partial charge in [0.05, 0.1) is 23.6 Å². The predicted octanol–water partition coefficient (Wildman–Crippen LogP) is 3.97. The first-order valence-corrected chi connectivity index (χ1v) is 9.39. The van der Waals surface area contributed by atoms with E-state index < -0.39 is 5.97 Å². The molecule has 2 aromatic heterocycles. The maximum Gasteiger partial charge on any atom is 0.339 e. The number of aryl methyl sites for hydroxylation is 1. The maximum absolute atomic E-state index is 13.0. The van der Waals surface area contributed by atoms with Crippen LogP contribution in [0.25, 0.3) is 5.69 Å². The molecule has 1 aromatic carbocycles. The first kappa shape index (κ1) is 19.0. The molecule has 0 fully saturated rings. The van der Waals surface area contributed by atoms with Gasteiger partial charge in [-0.2, -0.15) is 0 Å². The van der Waals surface area contributed by atoms with Gasteiger partial charge in [-0.3, -0.25) is 9.36 Å². The highest BCUT2D eigenvalue weighted by molar-refractivity contribution is 8.00. The summed E-state index contributed by atoms with van der Waals surface area (Å²) in [5.74, 6) is -0.529. The van der Waals surface area contributed by atoms with Crippen LogP contribution in [0.3, 0.4) is 0 Å². The zero-order valence-electron chi connectivity index (χ0n) is 15.6. The van der Waals surface area contributed by atoms with E-state index in [0.29, 0.717) is 22.5 Å². The van der Waals surface area contributed by atoms with Crippen molar-refractivity contribution >= 4 is 23.5 Å². The van der Waals surface area contributed by atoms with E-state index in [0.717, 1.165) is 10.8 Å². The zero-order valence-corrected chi connectivity index (χ0v) is 16.5. The number of Topliss-reactive ketones (excluding diaryl/α,β-unsaturated/α-hetero) is 1. The number of thioether (sulfide) groups is 1. The minimum absolute atomic E-state index is 0.0848. The Balaban J connectivity index is 1.84. The van der Waals surface area contributed by atoms with Crippen molar-refractivity contribution in [2.24, 2.45) is 0 Å². The molecule has 27 heavy (non-hydrogen) atoms. The van der Waals surface area contributed by atoms with E-state index >= 15 is 0 Å². The van der Waals surface area contributed by atoms with Gasteiger partial charge in [-0.05, 0) is 38.5 Å². The zero-order chi connectivity index (χ0) is 19.6. The number of benzene rings is 1. The number of hydrogen-bond donors (Lipinski definition) is 1. The number of carbonyl (C=O) groups excluding carboxylic acids is 2. The Kier molecular flexibility index (Phi) is 5.51. The molecule has 0 aliphatic heterocycles. The topological polar surface area (TPSA) is 77.0 Å². The number of imidazole rings is 1. The number of nitrogens with one attached hydrogen (secondary N) is 1. The second-order valence-corrected chi connectivity index (χ2v) is 7.46. The first-order chi connectivity index (χ1) is 12.9. The molecule has 0 saturated carbocycles. The Morgan fingerprint density at radius 3 is 2.59 bits per heavy atom. The van der Waals surface area contributed by atoms with Gasteiger partial charge in [-0.15, -0.1) is 0 Å². The van der Waals surface area contributed by atoms with Crippen molar-refractivity contribution in [1.82, 2.24) is 14.5 Å². The number of rotatable bonds is 6. The predicted molar refractivity (Wildman–Crippen MR) is 105 cm³/mol. The van der Waals surface area contributed by atoms with E-state index in [9.17, 15) is 9.59 Å². The number of carbonyl (C=O) groups is 2. The van der Waals surface area contributed by atoms with Crippen LogP contribution in [0.4, 0.5) is 0 Å². The lowest BCUT2D eigenvalue weighted by molar-refractivity contribution is 0.0599. The minimum Gasteiger partial charge on any atom is -0.465 e. The molecule has 1 N–H and O–H groups in total. The van der Waals surface area contributed by atoms with Crippen LogP contribution in [0.5, 0.6) is 0 Å². The third kappa shape index (κ3) is 3.68. The number of H-pyrrole nitrogens is 1. The summed E-state index contributed by atoms with van der Waals surface area (Å²) in [4.78, 5) is 32.3. The van der Waals surface area contributed by atoms with Crippen LogP contribution in [0.2, 0.25) is 0 Å². The second kappa shape index (κ2) is 7.84. The van der Waals surface area contributed by atoms with E-state index in [1.165, 1.54) is 18.9 Å². The van der Waals surface area contributed by atoms with Crippen LogP contribution in [0.15, 0.2) is 47.9 Å². The maximum atomic E-state index is 13.0. The van der Waals surface area contributed by atoms with Gasteiger partial charge >= 0.3 is 5.97 Å². The summed E-state index contributed by atoms with van der Waals surface area (Å²) in [6, 6.07) is 9.84. The molecule has 3 aromatic rings. The third-order valence-electron chi connectivity index (χ3n) is 4.37. The van der Waals surface area contributed by atoms with Gasteiger partial charge in [0.2, 0.25) is 0 Å². The Labute approximate surface area is 162 Å². The van der Waals surface area contributed by atoms with Crippen LogP contribution in [-0.4, -0.2) is 38.6 Å². The van der Waals surface area contributed by atoms with Crippen molar-refractivity contribution in [2.75, 3.05) is 7.11 Å². The standard InChI is InChI=1S/C20H21N3O3S/c1-12-16(19(25)26-4)13(2)22-17(12)18(24)14(3)27-20-21-10-11-23(20)15-8-6-5-7-9-15/h5-11,14,22H,1-4H3. The average Bonchev–Trinajstić information content (AvgIpc) is 3.25. The summed E-state index contributed by atoms with van der Waals surface area (Å²) in [5, 5.41) is 0.355. The van der Waals surface area contributed by atoms with E-state index in [1.54, 1.807) is 20.0 Å². The molecular weight excluding hydrogens is 362 g/mol. The highest BCUT2D eigenvalue weighted by Gasteiger charge is 2.26. The molecule has 1 atom stereocenters. The summed E-state index contributed by atoms with van der Waals surface area (Å²) < 4.78 is 6.76. The van der Waals surface area contributed by atoms with E-state index in [-0.39, 0.29) is 11.0 Å². The average molecular weight is 383 g/mol. The number of methoxy groups -OCH3 is 1. The van der Waals surface area contributed by atoms with Gasteiger partial charge < -0.3 is 9.72 Å². The smallest absolute Gasteiger partial charge is 0.339 e. The fourth-order valence-electron chi connectivity index (χ4n) is 2.98. The SMILES string of the molecule is COC(=O)c1c(C)[nH]c(C(=O)C(C)Sc2nccn2-c2ccccc2)c1C. The van der Waals surface area contributed by atoms with Crippen LogP contribution < -0.4 is 0 Å². The number of nitrogens with zero attached hydrogens (tertiary/aromatic N) is 2. The van der Waals surface area contributed by atoms with Crippen molar-refractivity contribution in [3.63, 3.8) is 0 Å². The summed E-state index contributed by atoms with van der Waals surface area (Å²) >= 11 is 1.38. The first-order valence-electron chi connectivity index (χ1n) is 8.51. The van der Waals surface area contributed by atoms with Gasteiger partial charge in [-0.25, -0.2) is 9.78 Å². The molecule has 0 spiro atoms. The molecule has 0 aliphatic rings. The lowest BCUT2D eigenvalue weighted by atomic mass is 10.1. The molecular formula is C20H21N3O3S. The molecule has 6 nitrogen and oxygen atoms in total. The summed E-state index contributed by atoms with van der Waals surface area (Å²) in [7, 11) is 1.33. The fraction of sp³-hybridized carbons (Fsp3) is 0.250. The van der Waals surface area contributed by atoms with E-state index in [4.69, 9.17) is 4.74 Å². The molecule has 7 heteroatoms. The highest BCUT2D eigenvalue weighted by atomic mass is 32.2. The Morgan fingerprint density at radius 2 is 1.93 bits per heavy atom. The molecule has 0 saturated heterocycles.